The Hall–Kier alpha value is -0.430. The van der Waals surface area contributed by atoms with E-state index < -0.39 is 5.51 Å². The van der Waals surface area contributed by atoms with Gasteiger partial charge in [0.2, 0.25) is 5.91 Å². The fraction of sp³-hybridized carbons (Fsp3) is 0.857. The summed E-state index contributed by atoms with van der Waals surface area (Å²) in [4.78, 5) is 11.0. The average Bonchev–Trinajstić information content (AvgIpc) is 2.09. The Morgan fingerprint density at radius 2 is 2.07 bits per heavy atom. The second-order valence-electron chi connectivity index (χ2n) is 2.60. The highest BCUT2D eigenvalue weighted by atomic mass is 32.2. The highest BCUT2D eigenvalue weighted by Crippen LogP contribution is 2.29. The van der Waals surface area contributed by atoms with E-state index in [1.54, 1.807) is 14.0 Å². The van der Waals surface area contributed by atoms with E-state index in [4.69, 9.17) is 0 Å². The van der Waals surface area contributed by atoms with E-state index in [0.29, 0.717) is 0 Å². The molecule has 3 nitrogen and oxygen atoms in total. The summed E-state index contributed by atoms with van der Waals surface area (Å²) in [6.07, 6.45) is 0. The van der Waals surface area contributed by atoms with E-state index in [9.17, 15) is 18.0 Å². The molecular weight excluding hydrogens is 217 g/mol. The van der Waals surface area contributed by atoms with Gasteiger partial charge >= 0.3 is 5.51 Å². The van der Waals surface area contributed by atoms with Crippen molar-refractivity contribution in [3.8, 4) is 0 Å². The lowest BCUT2D eigenvalue weighted by atomic mass is 10.3. The summed E-state index contributed by atoms with van der Waals surface area (Å²) in [5.41, 5.74) is -4.22. The molecule has 0 aromatic heterocycles. The van der Waals surface area contributed by atoms with Gasteiger partial charge in [-0.1, -0.05) is 0 Å². The van der Waals surface area contributed by atoms with Crippen LogP contribution in [0.1, 0.15) is 6.92 Å². The molecule has 84 valence electrons. The zero-order valence-corrected chi connectivity index (χ0v) is 8.76. The van der Waals surface area contributed by atoms with Gasteiger partial charge in [-0.25, -0.2) is 0 Å². The van der Waals surface area contributed by atoms with Crippen molar-refractivity contribution in [3.05, 3.63) is 0 Å². The average molecular weight is 230 g/mol. The predicted molar refractivity (Wildman–Crippen MR) is 50.0 cm³/mol. The van der Waals surface area contributed by atoms with Gasteiger partial charge in [0.15, 0.2) is 0 Å². The van der Waals surface area contributed by atoms with Crippen LogP contribution in [0.4, 0.5) is 13.2 Å². The van der Waals surface area contributed by atoms with Crippen LogP contribution in [0.3, 0.4) is 0 Å². The summed E-state index contributed by atoms with van der Waals surface area (Å²) in [5, 5.41) is 5.06. The molecule has 1 atom stereocenters. The molecule has 1 unspecified atom stereocenters. The first-order valence-corrected chi connectivity index (χ1v) is 5.01. The molecule has 0 bridgehead atoms. The highest BCUT2D eigenvalue weighted by Gasteiger charge is 2.27. The summed E-state index contributed by atoms with van der Waals surface area (Å²) in [7, 11) is 1.61. The van der Waals surface area contributed by atoms with Crippen LogP contribution in [0.5, 0.6) is 0 Å². The van der Waals surface area contributed by atoms with Gasteiger partial charge in [-0.2, -0.15) is 13.2 Å². The fourth-order valence-corrected chi connectivity index (χ4v) is 1.06. The second kappa shape index (κ2) is 6.13. The molecule has 0 spiro atoms. The molecule has 0 aliphatic carbocycles. The molecule has 0 aromatic rings. The maximum absolute atomic E-state index is 11.6. The number of rotatable bonds is 5. The molecule has 2 N–H and O–H groups in total. The van der Waals surface area contributed by atoms with E-state index in [2.05, 4.69) is 10.6 Å². The van der Waals surface area contributed by atoms with Crippen molar-refractivity contribution in [3.63, 3.8) is 0 Å². The molecular formula is C7H13F3N2OS. The highest BCUT2D eigenvalue weighted by molar-refractivity contribution is 8.00. The van der Waals surface area contributed by atoms with Crippen LogP contribution in [0.15, 0.2) is 0 Å². The van der Waals surface area contributed by atoms with Gasteiger partial charge in [-0.3, -0.25) is 4.79 Å². The monoisotopic (exact) mass is 230 g/mol. The molecule has 1 amide bonds. The van der Waals surface area contributed by atoms with Gasteiger partial charge in [-0.15, -0.1) is 0 Å². The number of halogens is 3. The van der Waals surface area contributed by atoms with Crippen molar-refractivity contribution in [1.29, 1.82) is 0 Å². The molecule has 0 saturated carbocycles. The quantitative estimate of drug-likeness (QED) is 0.691. The Morgan fingerprint density at radius 3 is 2.50 bits per heavy atom. The Morgan fingerprint density at radius 1 is 1.50 bits per heavy atom. The normalized spacial score (nSPS) is 13.8. The lowest BCUT2D eigenvalue weighted by Gasteiger charge is -2.11. The number of hydrogen-bond donors (Lipinski definition) is 2. The molecule has 0 aliphatic rings. The first-order valence-electron chi connectivity index (χ1n) is 4.02. The van der Waals surface area contributed by atoms with E-state index >= 15 is 0 Å². The molecule has 0 aliphatic heterocycles. The van der Waals surface area contributed by atoms with Crippen molar-refractivity contribution < 1.29 is 18.0 Å². The van der Waals surface area contributed by atoms with Crippen LogP contribution in [0.2, 0.25) is 0 Å². The summed E-state index contributed by atoms with van der Waals surface area (Å²) in [6, 6.07) is -0.383. The topological polar surface area (TPSA) is 41.1 Å². The van der Waals surface area contributed by atoms with Gasteiger partial charge in [0.05, 0.1) is 6.04 Å². The van der Waals surface area contributed by atoms with Crippen molar-refractivity contribution in [2.75, 3.05) is 19.3 Å². The number of carbonyl (C=O) groups is 1. The van der Waals surface area contributed by atoms with Crippen molar-refractivity contribution >= 4 is 17.7 Å². The Balaban J connectivity index is 3.51. The number of alkyl halides is 3. The third-order valence-corrected chi connectivity index (χ3v) is 2.23. The zero-order chi connectivity index (χ0) is 11.2. The van der Waals surface area contributed by atoms with Gasteiger partial charge in [-0.05, 0) is 25.7 Å². The summed E-state index contributed by atoms with van der Waals surface area (Å²) in [5.74, 6) is -0.457. The van der Waals surface area contributed by atoms with Crippen molar-refractivity contribution in [2.45, 2.75) is 18.5 Å². The SMILES string of the molecule is CNC(C)C(=O)NCCSC(F)(F)F. The third kappa shape index (κ3) is 7.02. The van der Waals surface area contributed by atoms with Gasteiger partial charge < -0.3 is 10.6 Å². The largest absolute Gasteiger partial charge is 0.441 e. The van der Waals surface area contributed by atoms with E-state index in [0.717, 1.165) is 0 Å². The predicted octanol–water partition coefficient (Wildman–Crippen LogP) is 0.963. The summed E-state index contributed by atoms with van der Waals surface area (Å²) < 4.78 is 34.9. The zero-order valence-electron chi connectivity index (χ0n) is 7.94. The summed E-state index contributed by atoms with van der Waals surface area (Å²) in [6.45, 7) is 1.65. The number of hydrogen-bond acceptors (Lipinski definition) is 3. The van der Waals surface area contributed by atoms with Crippen molar-refractivity contribution in [1.82, 2.24) is 10.6 Å². The van der Waals surface area contributed by atoms with E-state index in [1.807, 2.05) is 0 Å². The molecule has 0 aromatic carbocycles. The van der Waals surface area contributed by atoms with Gasteiger partial charge in [0.1, 0.15) is 0 Å². The smallest absolute Gasteiger partial charge is 0.354 e. The molecule has 0 saturated heterocycles. The minimum absolute atomic E-state index is 0.0228. The number of carbonyl (C=O) groups excluding carboxylic acids is 1. The summed E-state index contributed by atoms with van der Waals surface area (Å²) >= 11 is -0.140. The van der Waals surface area contributed by atoms with Crippen LogP contribution in [-0.4, -0.2) is 36.8 Å². The minimum atomic E-state index is -4.22. The maximum atomic E-state index is 11.6. The van der Waals surface area contributed by atoms with Crippen LogP contribution < -0.4 is 10.6 Å². The Labute approximate surface area is 84.8 Å². The number of nitrogens with one attached hydrogen (secondary N) is 2. The third-order valence-electron chi connectivity index (χ3n) is 1.49. The van der Waals surface area contributed by atoms with Gasteiger partial charge in [0.25, 0.3) is 0 Å². The standard InChI is InChI=1S/C7H13F3N2OS/c1-5(11-2)6(13)12-3-4-14-7(8,9)10/h5,11H,3-4H2,1-2H3,(H,12,13). The molecule has 0 radical (unpaired) electrons. The van der Waals surface area contributed by atoms with Crippen LogP contribution >= 0.6 is 11.8 Å². The number of likely N-dealkylation sites (N-methyl/N-ethyl adjacent to an activating group) is 1. The van der Waals surface area contributed by atoms with Crippen LogP contribution in [-0.2, 0) is 4.79 Å². The lowest BCUT2D eigenvalue weighted by Crippen LogP contribution is -2.41. The van der Waals surface area contributed by atoms with Crippen LogP contribution in [0.25, 0.3) is 0 Å². The van der Waals surface area contributed by atoms with Gasteiger partial charge in [0, 0.05) is 12.3 Å². The number of amides is 1. The Bertz CT molecular complexity index is 186. The molecule has 0 fully saturated rings. The second-order valence-corrected chi connectivity index (χ2v) is 3.76. The number of thioether (sulfide) groups is 1. The maximum Gasteiger partial charge on any atom is 0.441 e. The van der Waals surface area contributed by atoms with Crippen LogP contribution in [0, 0.1) is 0 Å². The molecule has 7 heteroatoms. The molecule has 0 rings (SSSR count). The Kier molecular flexibility index (Phi) is 5.94. The fourth-order valence-electron chi connectivity index (χ4n) is 0.625. The van der Waals surface area contributed by atoms with Crippen molar-refractivity contribution in [2.24, 2.45) is 0 Å². The minimum Gasteiger partial charge on any atom is -0.354 e. The molecule has 0 heterocycles. The van der Waals surface area contributed by atoms with E-state index in [1.165, 1.54) is 0 Å². The first-order chi connectivity index (χ1) is 6.37. The molecule has 14 heavy (non-hydrogen) atoms. The first kappa shape index (κ1) is 13.6. The lowest BCUT2D eigenvalue weighted by molar-refractivity contribution is -0.122. The van der Waals surface area contributed by atoms with E-state index in [-0.39, 0.29) is 36.0 Å².